The van der Waals surface area contributed by atoms with Crippen LogP contribution in [0, 0.1) is 11.8 Å². The van der Waals surface area contributed by atoms with Gasteiger partial charge < -0.3 is 10.5 Å². The van der Waals surface area contributed by atoms with Gasteiger partial charge in [0.05, 0.1) is 17.9 Å². The molecule has 3 N–H and O–H groups in total. The van der Waals surface area contributed by atoms with Crippen molar-refractivity contribution in [3.63, 3.8) is 0 Å². The Labute approximate surface area is 125 Å². The van der Waals surface area contributed by atoms with Gasteiger partial charge in [0.1, 0.15) is 5.75 Å². The number of anilines is 1. The second-order valence-corrected chi connectivity index (χ2v) is 6.74. The lowest BCUT2D eigenvalue weighted by Crippen LogP contribution is -2.27. The average molecular weight is 311 g/mol. The maximum absolute atomic E-state index is 11.5. The van der Waals surface area contributed by atoms with Crippen LogP contribution in [0.1, 0.15) is 32.8 Å². The van der Waals surface area contributed by atoms with E-state index in [0.717, 1.165) is 6.42 Å². The van der Waals surface area contributed by atoms with E-state index in [1.54, 1.807) is 18.2 Å². The molecule has 1 aliphatic heterocycles. The molecule has 0 bridgehead atoms. The van der Waals surface area contributed by atoms with Gasteiger partial charge in [-0.2, -0.15) is 8.42 Å². The van der Waals surface area contributed by atoms with Crippen LogP contribution in [0.25, 0.3) is 0 Å². The topological polar surface area (TPSA) is 93.8 Å². The van der Waals surface area contributed by atoms with Crippen molar-refractivity contribution < 1.29 is 13.2 Å². The first-order valence-corrected chi connectivity index (χ1v) is 8.42. The number of nitrogens with zero attached hydrogens (tertiary/aromatic N) is 1. The number of benzene rings is 1. The fourth-order valence-electron chi connectivity index (χ4n) is 2.13. The number of hydrogen-bond donors (Lipinski definition) is 2. The van der Waals surface area contributed by atoms with Crippen molar-refractivity contribution in [2.45, 2.75) is 27.2 Å². The first kappa shape index (κ1) is 15.6. The van der Waals surface area contributed by atoms with Gasteiger partial charge in [-0.3, -0.25) is 4.72 Å². The number of fused-ring (bicyclic) bond motifs is 1. The summed E-state index contributed by atoms with van der Waals surface area (Å²) in [6.07, 6.45) is 1.08. The highest BCUT2D eigenvalue weighted by Gasteiger charge is 2.24. The fraction of sp³-hybridized carbons (Fsp3) is 0.500. The van der Waals surface area contributed by atoms with Crippen LogP contribution < -0.4 is 15.2 Å². The first-order chi connectivity index (χ1) is 9.84. The van der Waals surface area contributed by atoms with Crippen LogP contribution in [0.2, 0.25) is 0 Å². The first-order valence-electron chi connectivity index (χ1n) is 6.98. The molecule has 1 aliphatic rings. The minimum absolute atomic E-state index is 0.0458. The Kier molecular flexibility index (Phi) is 4.41. The molecule has 0 fully saturated rings. The van der Waals surface area contributed by atoms with Crippen molar-refractivity contribution in [3.8, 4) is 5.75 Å². The summed E-state index contributed by atoms with van der Waals surface area (Å²) in [5, 5.41) is 0. The van der Waals surface area contributed by atoms with Gasteiger partial charge in [-0.05, 0) is 24.0 Å². The third-order valence-electron chi connectivity index (χ3n) is 3.86. The van der Waals surface area contributed by atoms with E-state index < -0.39 is 10.2 Å². The summed E-state index contributed by atoms with van der Waals surface area (Å²) < 4.78 is 34.7. The number of amidine groups is 1. The standard InChI is InChI=1S/C14H21N3O3S/c1-4-9(2)10(3)8-20-12-7-5-6-11-13(12)14(15)17-21(18,19)16-11/h5-7,9-10,16H,4,8H2,1-3H3,(H2,15,17). The van der Waals surface area contributed by atoms with E-state index in [9.17, 15) is 8.42 Å². The summed E-state index contributed by atoms with van der Waals surface area (Å²) in [4.78, 5) is 0. The SMILES string of the molecule is CCC(C)C(C)COc1cccc2c1C(N)=NS(=O)(=O)N2. The number of ether oxygens (including phenoxy) is 1. The third-order valence-corrected chi connectivity index (χ3v) is 4.77. The summed E-state index contributed by atoms with van der Waals surface area (Å²) in [5.41, 5.74) is 6.67. The summed E-state index contributed by atoms with van der Waals surface area (Å²) in [6, 6.07) is 5.13. The van der Waals surface area contributed by atoms with E-state index in [1.165, 1.54) is 0 Å². The highest BCUT2D eigenvalue weighted by molar-refractivity contribution is 7.91. The maximum Gasteiger partial charge on any atom is 0.344 e. The van der Waals surface area contributed by atoms with Crippen molar-refractivity contribution in [2.75, 3.05) is 11.3 Å². The molecule has 2 rings (SSSR count). The molecular formula is C14H21N3O3S. The summed E-state index contributed by atoms with van der Waals surface area (Å²) in [5.74, 6) is 1.44. The zero-order valence-electron chi connectivity index (χ0n) is 12.5. The largest absolute Gasteiger partial charge is 0.492 e. The number of nitrogens with one attached hydrogen (secondary N) is 1. The van der Waals surface area contributed by atoms with E-state index in [2.05, 4.69) is 29.9 Å². The molecule has 0 saturated heterocycles. The van der Waals surface area contributed by atoms with Gasteiger partial charge in [-0.25, -0.2) is 0 Å². The Morgan fingerprint density at radius 2 is 2.05 bits per heavy atom. The highest BCUT2D eigenvalue weighted by Crippen LogP contribution is 2.31. The molecular weight excluding hydrogens is 290 g/mol. The number of hydrogen-bond acceptors (Lipinski definition) is 4. The predicted molar refractivity (Wildman–Crippen MR) is 83.8 cm³/mol. The number of nitrogens with two attached hydrogens (primary N) is 1. The van der Waals surface area contributed by atoms with Crippen molar-refractivity contribution >= 4 is 21.7 Å². The van der Waals surface area contributed by atoms with Crippen LogP contribution in [0.3, 0.4) is 0 Å². The second-order valence-electron chi connectivity index (χ2n) is 5.41. The maximum atomic E-state index is 11.5. The van der Waals surface area contributed by atoms with Crippen LogP contribution in [-0.4, -0.2) is 20.9 Å². The second kappa shape index (κ2) is 5.93. The van der Waals surface area contributed by atoms with Gasteiger partial charge in [0.2, 0.25) is 0 Å². The summed E-state index contributed by atoms with van der Waals surface area (Å²) in [7, 11) is -3.75. The number of rotatable bonds is 5. The van der Waals surface area contributed by atoms with Crippen LogP contribution >= 0.6 is 0 Å². The van der Waals surface area contributed by atoms with Gasteiger partial charge >= 0.3 is 10.2 Å². The minimum Gasteiger partial charge on any atom is -0.492 e. The van der Waals surface area contributed by atoms with Gasteiger partial charge in [0.15, 0.2) is 5.84 Å². The molecule has 6 nitrogen and oxygen atoms in total. The van der Waals surface area contributed by atoms with Gasteiger partial charge in [0.25, 0.3) is 0 Å². The van der Waals surface area contributed by atoms with Crippen molar-refractivity contribution in [3.05, 3.63) is 23.8 Å². The molecule has 1 aromatic rings. The van der Waals surface area contributed by atoms with Crippen LogP contribution in [0.5, 0.6) is 5.75 Å². The Bertz CT molecular complexity index is 655. The minimum atomic E-state index is -3.75. The summed E-state index contributed by atoms with van der Waals surface area (Å²) in [6.45, 7) is 7.00. The molecule has 1 heterocycles. The van der Waals surface area contributed by atoms with Crippen LogP contribution in [-0.2, 0) is 10.2 Å². The molecule has 0 aromatic heterocycles. The van der Waals surface area contributed by atoms with Crippen molar-refractivity contribution in [2.24, 2.45) is 22.0 Å². The predicted octanol–water partition coefficient (Wildman–Crippen LogP) is 2.12. The normalized spacial score (nSPS) is 18.9. The van der Waals surface area contributed by atoms with Crippen LogP contribution in [0.15, 0.2) is 22.6 Å². The van der Waals surface area contributed by atoms with Crippen LogP contribution in [0.4, 0.5) is 5.69 Å². The molecule has 0 saturated carbocycles. The zero-order chi connectivity index (χ0) is 15.6. The molecule has 1 aromatic carbocycles. The Morgan fingerprint density at radius 1 is 1.33 bits per heavy atom. The van der Waals surface area contributed by atoms with E-state index in [-0.39, 0.29) is 5.84 Å². The van der Waals surface area contributed by atoms with E-state index in [1.807, 2.05) is 0 Å². The van der Waals surface area contributed by atoms with E-state index in [4.69, 9.17) is 10.5 Å². The van der Waals surface area contributed by atoms with Gasteiger partial charge in [-0.15, -0.1) is 4.40 Å². The van der Waals surface area contributed by atoms with Crippen molar-refractivity contribution in [1.82, 2.24) is 0 Å². The monoisotopic (exact) mass is 311 g/mol. The Hall–Kier alpha value is -1.76. The lowest BCUT2D eigenvalue weighted by Gasteiger charge is -2.22. The van der Waals surface area contributed by atoms with E-state index in [0.29, 0.717) is 35.4 Å². The molecule has 2 atom stereocenters. The average Bonchev–Trinajstić information content (AvgIpc) is 2.41. The molecule has 7 heteroatoms. The smallest absolute Gasteiger partial charge is 0.344 e. The quantitative estimate of drug-likeness (QED) is 0.871. The Balaban J connectivity index is 2.24. The van der Waals surface area contributed by atoms with Gasteiger partial charge in [0, 0.05) is 0 Å². The van der Waals surface area contributed by atoms with E-state index >= 15 is 0 Å². The lowest BCUT2D eigenvalue weighted by atomic mass is 9.94. The van der Waals surface area contributed by atoms with Gasteiger partial charge in [-0.1, -0.05) is 33.3 Å². The van der Waals surface area contributed by atoms with Crippen molar-refractivity contribution in [1.29, 1.82) is 0 Å². The molecule has 0 spiro atoms. The summed E-state index contributed by atoms with van der Waals surface area (Å²) >= 11 is 0. The third kappa shape index (κ3) is 3.47. The fourth-order valence-corrected chi connectivity index (χ4v) is 2.97. The molecule has 2 unspecified atom stereocenters. The molecule has 0 aliphatic carbocycles. The molecule has 0 radical (unpaired) electrons. The zero-order valence-corrected chi connectivity index (χ0v) is 13.3. The molecule has 0 amide bonds. The Morgan fingerprint density at radius 3 is 2.71 bits per heavy atom. The lowest BCUT2D eigenvalue weighted by molar-refractivity contribution is 0.212. The highest BCUT2D eigenvalue weighted by atomic mass is 32.2. The molecule has 21 heavy (non-hydrogen) atoms. The molecule has 116 valence electrons.